The Balaban J connectivity index is 1.11. The fraction of sp³-hybridized carbons (Fsp3) is 0.0154. The van der Waals surface area contributed by atoms with Crippen LogP contribution in [-0.2, 0) is 5.41 Å². The van der Waals surface area contributed by atoms with Gasteiger partial charge in [-0.25, -0.2) is 0 Å². The van der Waals surface area contributed by atoms with Gasteiger partial charge in [-0.3, -0.25) is 0 Å². The summed E-state index contributed by atoms with van der Waals surface area (Å²) in [6.07, 6.45) is 0. The van der Waals surface area contributed by atoms with Crippen molar-refractivity contribution in [3.63, 3.8) is 0 Å². The van der Waals surface area contributed by atoms with Crippen LogP contribution in [0.1, 0.15) is 22.3 Å². The summed E-state index contributed by atoms with van der Waals surface area (Å²) in [5.74, 6) is 0. The van der Waals surface area contributed by atoms with E-state index in [1.807, 2.05) is 11.3 Å². The van der Waals surface area contributed by atoms with Crippen LogP contribution < -0.4 is 4.90 Å². The Bertz CT molecular complexity index is 3770. The standard InChI is InChI=1S/C65H43NS/c1-4-19-45(20-5-1)54-39-37-47(53-32-17-22-44-21-10-11-29-52(44)53)42-62(54)66(50-28-16-23-46(41-50)55-33-18-34-59-58-31-13-15-36-63(58)67-64(55)59)51-38-40-57-56-30-12-14-35-60(56)65(61(57)43-51,48-24-6-2-7-25-48)49-26-8-3-9-27-49/h1-43H. The van der Waals surface area contributed by atoms with Gasteiger partial charge in [-0.05, 0) is 108 Å². The second-order valence-electron chi connectivity index (χ2n) is 17.5. The van der Waals surface area contributed by atoms with Crippen molar-refractivity contribution in [2.45, 2.75) is 5.41 Å². The molecule has 1 aromatic heterocycles. The predicted octanol–water partition coefficient (Wildman–Crippen LogP) is 18.0. The zero-order valence-electron chi connectivity index (χ0n) is 36.7. The molecule has 11 aromatic carbocycles. The molecule has 0 aliphatic heterocycles. The van der Waals surface area contributed by atoms with E-state index < -0.39 is 5.41 Å². The molecule has 0 unspecified atom stereocenters. The van der Waals surface area contributed by atoms with Gasteiger partial charge in [-0.1, -0.05) is 224 Å². The van der Waals surface area contributed by atoms with E-state index in [4.69, 9.17) is 0 Å². The summed E-state index contributed by atoms with van der Waals surface area (Å²) < 4.78 is 2.61. The van der Waals surface area contributed by atoms with E-state index in [9.17, 15) is 0 Å². The fourth-order valence-corrected chi connectivity index (χ4v) is 12.2. The molecule has 1 aliphatic carbocycles. The number of benzene rings is 11. The molecular formula is C65H43NS. The third-order valence-electron chi connectivity index (χ3n) is 13.9. The third kappa shape index (κ3) is 6.29. The van der Waals surface area contributed by atoms with E-state index >= 15 is 0 Å². The second kappa shape index (κ2) is 16.0. The maximum atomic E-state index is 2.52. The first-order chi connectivity index (χ1) is 33.2. The quantitative estimate of drug-likeness (QED) is 0.147. The van der Waals surface area contributed by atoms with Crippen molar-refractivity contribution in [2.75, 3.05) is 4.90 Å². The average molecular weight is 870 g/mol. The zero-order chi connectivity index (χ0) is 44.3. The van der Waals surface area contributed by atoms with Crippen molar-refractivity contribution < 1.29 is 0 Å². The van der Waals surface area contributed by atoms with Crippen LogP contribution in [0.3, 0.4) is 0 Å². The first-order valence-corrected chi connectivity index (χ1v) is 23.9. The lowest BCUT2D eigenvalue weighted by Gasteiger charge is -2.35. The summed E-state index contributed by atoms with van der Waals surface area (Å²) in [6.45, 7) is 0. The molecule has 1 nitrogen and oxygen atoms in total. The minimum absolute atomic E-state index is 0.554. The van der Waals surface area contributed by atoms with Crippen LogP contribution in [0, 0.1) is 0 Å². The smallest absolute Gasteiger partial charge is 0.0714 e. The maximum absolute atomic E-state index is 2.52. The normalized spacial score (nSPS) is 12.6. The lowest BCUT2D eigenvalue weighted by Crippen LogP contribution is -2.28. The Hall–Kier alpha value is -8.30. The molecular weight excluding hydrogens is 827 g/mol. The molecule has 0 amide bonds. The predicted molar refractivity (Wildman–Crippen MR) is 285 cm³/mol. The van der Waals surface area contributed by atoms with Crippen LogP contribution in [0.15, 0.2) is 261 Å². The molecule has 1 aliphatic rings. The highest BCUT2D eigenvalue weighted by molar-refractivity contribution is 7.26. The largest absolute Gasteiger partial charge is 0.310 e. The van der Waals surface area contributed by atoms with Gasteiger partial charge in [0, 0.05) is 37.1 Å². The molecule has 0 saturated heterocycles. The van der Waals surface area contributed by atoms with Gasteiger partial charge in [0.05, 0.1) is 11.1 Å². The summed E-state index contributed by atoms with van der Waals surface area (Å²) in [4.78, 5) is 2.52. The first-order valence-electron chi connectivity index (χ1n) is 23.1. The molecule has 0 atom stereocenters. The van der Waals surface area contributed by atoms with Gasteiger partial charge in [-0.2, -0.15) is 0 Å². The van der Waals surface area contributed by atoms with E-state index in [0.29, 0.717) is 0 Å². The number of nitrogens with zero attached hydrogens (tertiary/aromatic N) is 1. The first kappa shape index (κ1) is 39.1. The minimum Gasteiger partial charge on any atom is -0.310 e. The van der Waals surface area contributed by atoms with Gasteiger partial charge in [0.2, 0.25) is 0 Å². The third-order valence-corrected chi connectivity index (χ3v) is 15.2. The van der Waals surface area contributed by atoms with Gasteiger partial charge in [0.25, 0.3) is 0 Å². The molecule has 0 bridgehead atoms. The van der Waals surface area contributed by atoms with Crippen LogP contribution >= 0.6 is 11.3 Å². The van der Waals surface area contributed by atoms with Crippen molar-refractivity contribution in [3.8, 4) is 44.5 Å². The molecule has 2 heteroatoms. The molecule has 0 spiro atoms. The highest BCUT2D eigenvalue weighted by Gasteiger charge is 2.46. The molecule has 1 heterocycles. The Labute approximate surface area is 395 Å². The molecule has 0 N–H and O–H groups in total. The van der Waals surface area contributed by atoms with Crippen molar-refractivity contribution in [1.29, 1.82) is 0 Å². The molecule has 0 saturated carbocycles. The Morgan fingerprint density at radius 1 is 0.313 bits per heavy atom. The Morgan fingerprint density at radius 2 is 0.866 bits per heavy atom. The molecule has 67 heavy (non-hydrogen) atoms. The number of fused-ring (bicyclic) bond motifs is 7. The minimum atomic E-state index is -0.554. The van der Waals surface area contributed by atoms with E-state index in [2.05, 4.69) is 266 Å². The molecule has 0 fully saturated rings. The molecule has 13 rings (SSSR count). The summed E-state index contributed by atoms with van der Waals surface area (Å²) in [5, 5.41) is 5.06. The van der Waals surface area contributed by atoms with Gasteiger partial charge in [0.15, 0.2) is 0 Å². The van der Waals surface area contributed by atoms with Gasteiger partial charge in [-0.15, -0.1) is 11.3 Å². The summed E-state index contributed by atoms with van der Waals surface area (Å²) in [6, 6.07) is 96.6. The average Bonchev–Trinajstić information content (AvgIpc) is 3.93. The van der Waals surface area contributed by atoms with Crippen LogP contribution in [-0.4, -0.2) is 0 Å². The van der Waals surface area contributed by atoms with Gasteiger partial charge in [0.1, 0.15) is 0 Å². The molecule has 0 radical (unpaired) electrons. The second-order valence-corrected chi connectivity index (χ2v) is 18.6. The summed E-state index contributed by atoms with van der Waals surface area (Å²) in [5.41, 5.74) is 17.4. The van der Waals surface area contributed by atoms with Gasteiger partial charge >= 0.3 is 0 Å². The number of hydrogen-bond donors (Lipinski definition) is 0. The lowest BCUT2D eigenvalue weighted by molar-refractivity contribution is 0.768. The topological polar surface area (TPSA) is 3.24 Å². The van der Waals surface area contributed by atoms with E-state index in [1.165, 1.54) is 86.6 Å². The monoisotopic (exact) mass is 869 g/mol. The van der Waals surface area contributed by atoms with Crippen LogP contribution in [0.25, 0.3) is 75.5 Å². The van der Waals surface area contributed by atoms with E-state index in [1.54, 1.807) is 0 Å². The van der Waals surface area contributed by atoms with E-state index in [-0.39, 0.29) is 0 Å². The van der Waals surface area contributed by atoms with Crippen molar-refractivity contribution in [2.24, 2.45) is 0 Å². The number of hydrogen-bond acceptors (Lipinski definition) is 2. The fourth-order valence-electron chi connectivity index (χ4n) is 11.0. The van der Waals surface area contributed by atoms with Crippen molar-refractivity contribution >= 4 is 59.3 Å². The van der Waals surface area contributed by atoms with E-state index in [0.717, 1.165) is 28.2 Å². The summed E-state index contributed by atoms with van der Waals surface area (Å²) in [7, 11) is 0. The van der Waals surface area contributed by atoms with Gasteiger partial charge < -0.3 is 4.90 Å². The SMILES string of the molecule is c1ccc(-c2ccc(-c3cccc4ccccc34)cc2N(c2cccc(-c3cccc4c3sc3ccccc34)c2)c2ccc3c(c2)C(c2ccccc2)(c2ccccc2)c2ccccc2-3)cc1. The zero-order valence-corrected chi connectivity index (χ0v) is 37.5. The van der Waals surface area contributed by atoms with Crippen LogP contribution in [0.5, 0.6) is 0 Å². The van der Waals surface area contributed by atoms with Crippen molar-refractivity contribution in [3.05, 3.63) is 283 Å². The maximum Gasteiger partial charge on any atom is 0.0714 e. The molecule has 12 aromatic rings. The highest BCUT2D eigenvalue weighted by Crippen LogP contribution is 2.58. The summed E-state index contributed by atoms with van der Waals surface area (Å²) >= 11 is 1.88. The number of anilines is 3. The number of thiophene rings is 1. The van der Waals surface area contributed by atoms with Crippen molar-refractivity contribution in [1.82, 2.24) is 0 Å². The number of rotatable bonds is 8. The molecule has 314 valence electrons. The Kier molecular flexibility index (Phi) is 9.33. The Morgan fingerprint density at radius 3 is 1.69 bits per heavy atom. The van der Waals surface area contributed by atoms with Crippen LogP contribution in [0.4, 0.5) is 17.1 Å². The lowest BCUT2D eigenvalue weighted by atomic mass is 9.67. The van der Waals surface area contributed by atoms with Crippen LogP contribution in [0.2, 0.25) is 0 Å². The highest BCUT2D eigenvalue weighted by atomic mass is 32.1.